The summed E-state index contributed by atoms with van der Waals surface area (Å²) in [6, 6.07) is 14.5. The third kappa shape index (κ3) is 4.29. The van der Waals surface area contributed by atoms with Crippen LogP contribution < -0.4 is 0 Å². The lowest BCUT2D eigenvalue weighted by Crippen LogP contribution is -2.42. The quantitative estimate of drug-likeness (QED) is 0.400. The maximum Gasteiger partial charge on any atom is 0.416 e. The highest BCUT2D eigenvalue weighted by molar-refractivity contribution is 5.83. The molecule has 0 saturated heterocycles. The van der Waals surface area contributed by atoms with Crippen molar-refractivity contribution in [2.75, 3.05) is 6.61 Å². The van der Waals surface area contributed by atoms with Gasteiger partial charge in [0, 0.05) is 12.0 Å². The first-order chi connectivity index (χ1) is 17.2. The van der Waals surface area contributed by atoms with Gasteiger partial charge in [0.05, 0.1) is 5.56 Å². The summed E-state index contributed by atoms with van der Waals surface area (Å²) < 4.78 is 60.2. The van der Waals surface area contributed by atoms with E-state index >= 15 is 0 Å². The van der Waals surface area contributed by atoms with Gasteiger partial charge in [0.1, 0.15) is 12.4 Å². The maximum atomic E-state index is 13.7. The Morgan fingerprint density at radius 1 is 0.972 bits per heavy atom. The fourth-order valence-electron chi connectivity index (χ4n) is 4.90. The van der Waals surface area contributed by atoms with Crippen molar-refractivity contribution < 1.29 is 37.0 Å². The van der Waals surface area contributed by atoms with Gasteiger partial charge < -0.3 is 9.84 Å². The van der Waals surface area contributed by atoms with Gasteiger partial charge in [0.15, 0.2) is 6.04 Å². The standard InChI is InChI=1S/C27H21F4NO4/c28-15-9-12-21(23(13-15)27(29,30)31)24(25(33)34)32(16-10-11-16)26(35)36-14-22-19-7-3-1-5-17(19)18-6-2-4-8-20(18)22/h1-9,12-13,16,22,24H,10-11,14H2,(H,33,34). The molecule has 0 bridgehead atoms. The summed E-state index contributed by atoms with van der Waals surface area (Å²) in [6.07, 6.45) is -5.18. The summed E-state index contributed by atoms with van der Waals surface area (Å²) in [4.78, 5) is 26.3. The van der Waals surface area contributed by atoms with Gasteiger partial charge in [0.25, 0.3) is 0 Å². The van der Waals surface area contributed by atoms with Crippen LogP contribution in [0, 0.1) is 5.82 Å². The van der Waals surface area contributed by atoms with E-state index in [4.69, 9.17) is 4.74 Å². The number of amides is 1. The lowest BCUT2D eigenvalue weighted by Gasteiger charge is -2.30. The molecule has 186 valence electrons. The summed E-state index contributed by atoms with van der Waals surface area (Å²) in [7, 11) is 0. The van der Waals surface area contributed by atoms with Crippen LogP contribution in [-0.2, 0) is 15.7 Å². The molecular weight excluding hydrogens is 478 g/mol. The largest absolute Gasteiger partial charge is 0.479 e. The van der Waals surface area contributed by atoms with Gasteiger partial charge in [-0.2, -0.15) is 13.2 Å². The van der Waals surface area contributed by atoms with E-state index in [2.05, 4.69) is 0 Å². The summed E-state index contributed by atoms with van der Waals surface area (Å²) >= 11 is 0. The first-order valence-corrected chi connectivity index (χ1v) is 11.4. The molecule has 2 aliphatic rings. The second kappa shape index (κ2) is 8.96. The van der Waals surface area contributed by atoms with Crippen molar-refractivity contribution >= 4 is 12.1 Å². The van der Waals surface area contributed by atoms with Gasteiger partial charge in [-0.3, -0.25) is 4.90 Å². The van der Waals surface area contributed by atoms with Crippen LogP contribution in [0.15, 0.2) is 66.7 Å². The fourth-order valence-corrected chi connectivity index (χ4v) is 4.90. The number of nitrogens with zero attached hydrogens (tertiary/aromatic N) is 1. The van der Waals surface area contributed by atoms with Crippen molar-refractivity contribution in [3.8, 4) is 11.1 Å². The monoisotopic (exact) mass is 499 g/mol. The number of rotatable bonds is 6. The highest BCUT2D eigenvalue weighted by Gasteiger charge is 2.46. The molecule has 2 aliphatic carbocycles. The molecule has 0 heterocycles. The van der Waals surface area contributed by atoms with Gasteiger partial charge >= 0.3 is 18.2 Å². The number of aliphatic carboxylic acids is 1. The van der Waals surface area contributed by atoms with E-state index in [1.807, 2.05) is 48.5 Å². The van der Waals surface area contributed by atoms with E-state index in [0.717, 1.165) is 39.3 Å². The molecule has 1 atom stereocenters. The third-order valence-corrected chi connectivity index (χ3v) is 6.61. The van der Waals surface area contributed by atoms with Crippen molar-refractivity contribution in [1.29, 1.82) is 0 Å². The smallest absolute Gasteiger partial charge is 0.416 e. The van der Waals surface area contributed by atoms with Crippen molar-refractivity contribution in [2.45, 2.75) is 37.0 Å². The topological polar surface area (TPSA) is 66.8 Å². The number of carbonyl (C=O) groups is 2. The summed E-state index contributed by atoms with van der Waals surface area (Å²) in [6.45, 7) is -0.113. The molecule has 1 fully saturated rings. The van der Waals surface area contributed by atoms with E-state index in [1.54, 1.807) is 0 Å². The lowest BCUT2D eigenvalue weighted by molar-refractivity contribution is -0.145. The number of fused-ring (bicyclic) bond motifs is 3. The molecule has 1 saturated carbocycles. The van der Waals surface area contributed by atoms with E-state index < -0.39 is 47.3 Å². The van der Waals surface area contributed by atoms with Crippen LogP contribution in [0.1, 0.15) is 47.1 Å². The van der Waals surface area contributed by atoms with Crippen molar-refractivity contribution in [3.63, 3.8) is 0 Å². The van der Waals surface area contributed by atoms with Crippen molar-refractivity contribution in [2.24, 2.45) is 0 Å². The predicted octanol–water partition coefficient (Wildman–Crippen LogP) is 6.38. The predicted molar refractivity (Wildman–Crippen MR) is 122 cm³/mol. The van der Waals surface area contributed by atoms with Crippen molar-refractivity contribution in [1.82, 2.24) is 4.90 Å². The molecule has 5 rings (SSSR count). The SMILES string of the molecule is O=C(O)C(c1ccc(F)cc1C(F)(F)F)N(C(=O)OCC1c2ccccc2-c2ccccc21)C1CC1. The molecule has 0 radical (unpaired) electrons. The molecule has 3 aromatic rings. The van der Waals surface area contributed by atoms with Gasteiger partial charge in [-0.1, -0.05) is 54.6 Å². The van der Waals surface area contributed by atoms with E-state index in [1.165, 1.54) is 0 Å². The Kier molecular flexibility index (Phi) is 5.94. The van der Waals surface area contributed by atoms with Crippen LogP contribution in [-0.4, -0.2) is 34.7 Å². The minimum absolute atomic E-state index is 0.113. The maximum absolute atomic E-state index is 13.7. The van der Waals surface area contributed by atoms with Crippen LogP contribution in [0.5, 0.6) is 0 Å². The molecule has 0 aliphatic heterocycles. The molecule has 9 heteroatoms. The Hall–Kier alpha value is -3.88. The summed E-state index contributed by atoms with van der Waals surface area (Å²) in [5.74, 6) is -3.12. The average Bonchev–Trinajstić information content (AvgIpc) is 3.62. The number of carboxylic acids is 1. The number of benzene rings is 3. The Morgan fingerprint density at radius 2 is 1.56 bits per heavy atom. The minimum Gasteiger partial charge on any atom is -0.479 e. The Bertz CT molecular complexity index is 1290. The molecule has 36 heavy (non-hydrogen) atoms. The average molecular weight is 499 g/mol. The number of carboxylic acid groups (broad SMARTS) is 1. The first-order valence-electron chi connectivity index (χ1n) is 11.4. The molecule has 1 N–H and O–H groups in total. The van der Waals surface area contributed by atoms with Crippen LogP contribution in [0.2, 0.25) is 0 Å². The number of ether oxygens (including phenoxy) is 1. The Labute approximate surface area is 203 Å². The lowest BCUT2D eigenvalue weighted by atomic mass is 9.98. The van der Waals surface area contributed by atoms with Gasteiger partial charge in [0.2, 0.25) is 0 Å². The molecule has 0 aromatic heterocycles. The molecular formula is C27H21F4NO4. The van der Waals surface area contributed by atoms with Crippen LogP contribution in [0.25, 0.3) is 11.1 Å². The Balaban J connectivity index is 1.45. The minimum atomic E-state index is -5.01. The van der Waals surface area contributed by atoms with E-state index in [0.29, 0.717) is 12.8 Å². The van der Waals surface area contributed by atoms with Crippen LogP contribution >= 0.6 is 0 Å². The second-order valence-corrected chi connectivity index (χ2v) is 8.91. The number of halogens is 4. The molecule has 3 aromatic carbocycles. The zero-order valence-corrected chi connectivity index (χ0v) is 18.8. The van der Waals surface area contributed by atoms with E-state index in [-0.39, 0.29) is 18.6 Å². The number of alkyl halides is 3. The fraction of sp³-hybridized carbons (Fsp3) is 0.259. The normalized spacial score (nSPS) is 15.7. The first kappa shape index (κ1) is 23.8. The van der Waals surface area contributed by atoms with Crippen LogP contribution in [0.3, 0.4) is 0 Å². The summed E-state index contributed by atoms with van der Waals surface area (Å²) in [5, 5.41) is 9.91. The zero-order chi connectivity index (χ0) is 25.6. The zero-order valence-electron chi connectivity index (χ0n) is 18.8. The molecule has 0 spiro atoms. The Morgan fingerprint density at radius 3 is 2.08 bits per heavy atom. The van der Waals surface area contributed by atoms with Gasteiger partial charge in [-0.05, 0) is 52.8 Å². The molecule has 5 nitrogen and oxygen atoms in total. The number of carbonyl (C=O) groups excluding carboxylic acids is 1. The second-order valence-electron chi connectivity index (χ2n) is 8.91. The highest BCUT2D eigenvalue weighted by atomic mass is 19.4. The number of hydrogen-bond donors (Lipinski definition) is 1. The van der Waals surface area contributed by atoms with Crippen molar-refractivity contribution in [3.05, 3.63) is 94.8 Å². The summed E-state index contributed by atoms with van der Waals surface area (Å²) in [5.41, 5.74) is 1.73. The van der Waals surface area contributed by atoms with Crippen LogP contribution in [0.4, 0.5) is 22.4 Å². The van der Waals surface area contributed by atoms with E-state index in [9.17, 15) is 32.3 Å². The highest BCUT2D eigenvalue weighted by Crippen LogP contribution is 2.45. The third-order valence-electron chi connectivity index (χ3n) is 6.61. The molecule has 1 amide bonds. The van der Waals surface area contributed by atoms with Gasteiger partial charge in [-0.25, -0.2) is 14.0 Å². The van der Waals surface area contributed by atoms with Gasteiger partial charge in [-0.15, -0.1) is 0 Å². The molecule has 1 unspecified atom stereocenters. The number of hydrogen-bond acceptors (Lipinski definition) is 3.